The number of rotatable bonds is 3. The fourth-order valence-electron chi connectivity index (χ4n) is 1.80. The second-order valence-corrected chi connectivity index (χ2v) is 4.87. The Morgan fingerprint density at radius 2 is 1.68 bits per heavy atom. The van der Waals surface area contributed by atoms with Crippen molar-refractivity contribution in [3.63, 3.8) is 0 Å². The lowest BCUT2D eigenvalue weighted by Crippen LogP contribution is -2.39. The predicted octanol–water partition coefficient (Wildman–Crippen LogP) is 2.38. The van der Waals surface area contributed by atoms with Crippen LogP contribution in [0.15, 0.2) is 39.9 Å². The van der Waals surface area contributed by atoms with Crippen LogP contribution < -0.4 is 11.2 Å². The van der Waals surface area contributed by atoms with E-state index in [1.54, 1.807) is 19.1 Å². The number of nitrogens with zero attached hydrogens (tertiary/aromatic N) is 2. The number of benzene rings is 1. The van der Waals surface area contributed by atoms with E-state index in [1.807, 2.05) is 12.1 Å². The second kappa shape index (κ2) is 5.63. The van der Waals surface area contributed by atoms with E-state index in [9.17, 15) is 9.59 Å². The molecule has 0 bridgehead atoms. The smallest absolute Gasteiger partial charge is 0.279 e. The van der Waals surface area contributed by atoms with Gasteiger partial charge in [-0.3, -0.25) is 13.9 Å². The van der Waals surface area contributed by atoms with Gasteiger partial charge in [0.25, 0.3) is 5.56 Å². The first kappa shape index (κ1) is 13.9. The minimum atomic E-state index is -0.407. The molecule has 0 radical (unpaired) electrons. The highest BCUT2D eigenvalue weighted by Crippen LogP contribution is 2.12. The standard InChI is InChI=1S/C13H12Cl2N2O2/c1-2-16-12(18)7-11(15)17(13(16)19)8-9-3-5-10(14)6-4-9/h3-7H,2,8H2,1H3. The first-order valence-corrected chi connectivity index (χ1v) is 6.53. The van der Waals surface area contributed by atoms with Gasteiger partial charge in [0, 0.05) is 17.6 Å². The molecule has 0 spiro atoms. The zero-order valence-corrected chi connectivity index (χ0v) is 11.8. The van der Waals surface area contributed by atoms with Crippen molar-refractivity contribution in [2.75, 3.05) is 0 Å². The monoisotopic (exact) mass is 298 g/mol. The van der Waals surface area contributed by atoms with E-state index in [0.717, 1.165) is 10.1 Å². The topological polar surface area (TPSA) is 44.0 Å². The minimum absolute atomic E-state index is 0.134. The molecule has 0 N–H and O–H groups in total. The van der Waals surface area contributed by atoms with E-state index in [2.05, 4.69) is 0 Å². The second-order valence-electron chi connectivity index (χ2n) is 4.04. The molecule has 100 valence electrons. The molecule has 1 heterocycles. The Balaban J connectivity index is 2.48. The molecule has 4 nitrogen and oxygen atoms in total. The molecule has 1 aromatic carbocycles. The van der Waals surface area contributed by atoms with Gasteiger partial charge in [-0.2, -0.15) is 0 Å². The van der Waals surface area contributed by atoms with Crippen molar-refractivity contribution in [1.82, 2.24) is 9.13 Å². The van der Waals surface area contributed by atoms with Crippen molar-refractivity contribution in [1.29, 1.82) is 0 Å². The molecule has 0 unspecified atom stereocenters. The molecule has 1 aromatic heterocycles. The lowest BCUT2D eigenvalue weighted by Gasteiger charge is -2.11. The number of aromatic nitrogens is 2. The van der Waals surface area contributed by atoms with Gasteiger partial charge in [0.15, 0.2) is 0 Å². The van der Waals surface area contributed by atoms with Crippen molar-refractivity contribution >= 4 is 23.2 Å². The predicted molar refractivity (Wildman–Crippen MR) is 76.2 cm³/mol. The summed E-state index contributed by atoms with van der Waals surface area (Å²) in [6, 6.07) is 8.36. The Morgan fingerprint density at radius 1 is 1.05 bits per heavy atom. The van der Waals surface area contributed by atoms with E-state index in [1.165, 1.54) is 10.6 Å². The zero-order chi connectivity index (χ0) is 14.0. The Hall–Kier alpha value is -1.52. The van der Waals surface area contributed by atoms with Crippen LogP contribution in [0.3, 0.4) is 0 Å². The fraction of sp³-hybridized carbons (Fsp3) is 0.231. The van der Waals surface area contributed by atoms with Crippen molar-refractivity contribution in [2.45, 2.75) is 20.0 Å². The Labute approximate surface area is 119 Å². The third kappa shape index (κ3) is 2.91. The van der Waals surface area contributed by atoms with Crippen LogP contribution in [0.1, 0.15) is 12.5 Å². The summed E-state index contributed by atoms with van der Waals surface area (Å²) in [7, 11) is 0. The SMILES string of the molecule is CCn1c(=O)cc(Cl)n(Cc2ccc(Cl)cc2)c1=O. The Kier molecular flexibility index (Phi) is 4.12. The van der Waals surface area contributed by atoms with E-state index < -0.39 is 5.69 Å². The average molecular weight is 299 g/mol. The summed E-state index contributed by atoms with van der Waals surface area (Å²) in [6.45, 7) is 2.36. The van der Waals surface area contributed by atoms with Gasteiger partial charge in [-0.25, -0.2) is 4.79 Å². The van der Waals surface area contributed by atoms with E-state index in [0.29, 0.717) is 18.1 Å². The molecule has 19 heavy (non-hydrogen) atoms. The van der Waals surface area contributed by atoms with Gasteiger partial charge in [0.05, 0.1) is 6.54 Å². The van der Waals surface area contributed by atoms with Crippen LogP contribution in [0.2, 0.25) is 10.2 Å². The van der Waals surface area contributed by atoms with Crippen LogP contribution in [0.5, 0.6) is 0 Å². The molecule has 0 saturated heterocycles. The average Bonchev–Trinajstić information content (AvgIpc) is 2.37. The number of hydrogen-bond acceptors (Lipinski definition) is 2. The van der Waals surface area contributed by atoms with Crippen molar-refractivity contribution < 1.29 is 0 Å². The summed E-state index contributed by atoms with van der Waals surface area (Å²) in [5.74, 6) is 0. The van der Waals surface area contributed by atoms with E-state index in [-0.39, 0.29) is 10.7 Å². The summed E-state index contributed by atoms with van der Waals surface area (Å²) < 4.78 is 2.50. The molecule has 0 aliphatic rings. The molecule has 0 atom stereocenters. The van der Waals surface area contributed by atoms with Gasteiger partial charge in [0.2, 0.25) is 0 Å². The summed E-state index contributed by atoms with van der Waals surface area (Å²) in [5, 5.41) is 0.760. The fourth-order valence-corrected chi connectivity index (χ4v) is 2.15. The quantitative estimate of drug-likeness (QED) is 0.817. The molecule has 6 heteroatoms. The van der Waals surface area contributed by atoms with Crippen LogP contribution >= 0.6 is 23.2 Å². The van der Waals surface area contributed by atoms with E-state index >= 15 is 0 Å². The van der Waals surface area contributed by atoms with Crippen LogP contribution in [0, 0.1) is 0 Å². The molecule has 0 aliphatic heterocycles. The third-order valence-electron chi connectivity index (χ3n) is 2.80. The highest BCUT2D eigenvalue weighted by molar-refractivity contribution is 6.30. The van der Waals surface area contributed by atoms with Crippen LogP contribution in [0.4, 0.5) is 0 Å². The van der Waals surface area contributed by atoms with Gasteiger partial charge < -0.3 is 0 Å². The van der Waals surface area contributed by atoms with Crippen molar-refractivity contribution in [3.05, 3.63) is 66.9 Å². The molecular formula is C13H12Cl2N2O2. The van der Waals surface area contributed by atoms with Gasteiger partial charge in [-0.05, 0) is 24.6 Å². The van der Waals surface area contributed by atoms with Gasteiger partial charge in [0.1, 0.15) is 5.15 Å². The summed E-state index contributed by atoms with van der Waals surface area (Å²) >= 11 is 11.8. The molecule has 0 aliphatic carbocycles. The zero-order valence-electron chi connectivity index (χ0n) is 10.3. The minimum Gasteiger partial charge on any atom is -0.279 e. The van der Waals surface area contributed by atoms with Crippen molar-refractivity contribution in [3.8, 4) is 0 Å². The molecule has 0 saturated carbocycles. The molecule has 0 amide bonds. The van der Waals surface area contributed by atoms with Crippen LogP contribution in [0.25, 0.3) is 0 Å². The number of halogens is 2. The van der Waals surface area contributed by atoms with Gasteiger partial charge >= 0.3 is 5.69 Å². The maximum absolute atomic E-state index is 12.1. The van der Waals surface area contributed by atoms with Crippen molar-refractivity contribution in [2.24, 2.45) is 0 Å². The summed E-state index contributed by atoms with van der Waals surface area (Å²) in [5.41, 5.74) is 0.0921. The van der Waals surface area contributed by atoms with Gasteiger partial charge in [-0.15, -0.1) is 0 Å². The molecule has 2 rings (SSSR count). The van der Waals surface area contributed by atoms with Crippen LogP contribution in [-0.2, 0) is 13.1 Å². The number of hydrogen-bond donors (Lipinski definition) is 0. The molecule has 2 aromatic rings. The lowest BCUT2D eigenvalue weighted by atomic mass is 10.2. The van der Waals surface area contributed by atoms with Crippen LogP contribution in [-0.4, -0.2) is 9.13 Å². The maximum atomic E-state index is 12.1. The molecular weight excluding hydrogens is 287 g/mol. The highest BCUT2D eigenvalue weighted by atomic mass is 35.5. The summed E-state index contributed by atoms with van der Waals surface area (Å²) in [4.78, 5) is 23.7. The third-order valence-corrected chi connectivity index (χ3v) is 3.36. The largest absolute Gasteiger partial charge is 0.332 e. The summed E-state index contributed by atoms with van der Waals surface area (Å²) in [6.07, 6.45) is 0. The Bertz CT molecular complexity index is 702. The normalized spacial score (nSPS) is 10.7. The van der Waals surface area contributed by atoms with Gasteiger partial charge in [-0.1, -0.05) is 35.3 Å². The maximum Gasteiger partial charge on any atom is 0.332 e. The van der Waals surface area contributed by atoms with E-state index in [4.69, 9.17) is 23.2 Å². The Morgan fingerprint density at radius 3 is 2.26 bits per heavy atom. The highest BCUT2D eigenvalue weighted by Gasteiger charge is 2.09. The molecule has 0 fully saturated rings. The first-order valence-electron chi connectivity index (χ1n) is 5.77. The lowest BCUT2D eigenvalue weighted by molar-refractivity contribution is 0.598. The first-order chi connectivity index (χ1) is 9.02.